The molecule has 2 aliphatic carbocycles. The Balaban J connectivity index is 1.63. The molecule has 18 heavy (non-hydrogen) atoms. The Labute approximate surface area is 114 Å². The van der Waals surface area contributed by atoms with E-state index in [1.165, 1.54) is 25.7 Å². The molecule has 2 aromatic heterocycles. The molecule has 4 rings (SSSR count). The smallest absolute Gasteiger partial charge is 0.243 e. The maximum Gasteiger partial charge on any atom is 0.243 e. The Kier molecular flexibility index (Phi) is 2.37. The van der Waals surface area contributed by atoms with Gasteiger partial charge in [-0.1, -0.05) is 0 Å². The Bertz CT molecular complexity index is 574. The third-order valence-electron chi connectivity index (χ3n) is 3.87. The molecule has 0 bridgehead atoms. The van der Waals surface area contributed by atoms with E-state index in [2.05, 4.69) is 31.3 Å². The molecule has 0 aliphatic heterocycles. The van der Waals surface area contributed by atoms with Gasteiger partial charge in [-0.15, -0.1) is 5.10 Å². The lowest BCUT2D eigenvalue weighted by molar-refractivity contribution is 0.563. The monoisotopic (exact) mass is 306 g/mol. The van der Waals surface area contributed by atoms with Crippen LogP contribution in [0, 0.1) is 11.8 Å². The zero-order valence-electron chi connectivity index (χ0n) is 10.0. The minimum absolute atomic E-state index is 0.598. The molecule has 0 unspecified atom stereocenters. The van der Waals surface area contributed by atoms with Crippen molar-refractivity contribution in [3.8, 4) is 0 Å². The standard InChI is InChI=1S/C13H15BrN4/c14-10-2-1-7-18-12(10)16-13(17-18)15-11(8-3-4-8)9-5-6-9/h1-2,7-9,11H,3-6H2,(H,15,17). The van der Waals surface area contributed by atoms with Crippen molar-refractivity contribution >= 4 is 27.5 Å². The first-order chi connectivity index (χ1) is 8.81. The third kappa shape index (κ3) is 1.90. The Hall–Kier alpha value is -1.10. The largest absolute Gasteiger partial charge is 0.350 e. The highest BCUT2D eigenvalue weighted by Crippen LogP contribution is 2.45. The van der Waals surface area contributed by atoms with Crippen LogP contribution in [0.1, 0.15) is 25.7 Å². The molecule has 2 aliphatic rings. The summed E-state index contributed by atoms with van der Waals surface area (Å²) in [5, 5.41) is 8.05. The van der Waals surface area contributed by atoms with E-state index in [4.69, 9.17) is 0 Å². The van der Waals surface area contributed by atoms with Gasteiger partial charge in [-0.05, 0) is 65.6 Å². The fourth-order valence-corrected chi connectivity index (χ4v) is 3.04. The fourth-order valence-electron chi connectivity index (χ4n) is 2.62. The molecule has 0 saturated heterocycles. The highest BCUT2D eigenvalue weighted by molar-refractivity contribution is 9.10. The van der Waals surface area contributed by atoms with E-state index in [-0.39, 0.29) is 0 Å². The Morgan fingerprint density at radius 2 is 2.00 bits per heavy atom. The normalized spacial score (nSPS) is 19.7. The van der Waals surface area contributed by atoms with E-state index in [1.807, 2.05) is 22.8 Å². The second kappa shape index (κ2) is 3.95. The van der Waals surface area contributed by atoms with Crippen molar-refractivity contribution in [3.05, 3.63) is 22.8 Å². The van der Waals surface area contributed by atoms with Crippen LogP contribution < -0.4 is 5.32 Å². The van der Waals surface area contributed by atoms with Gasteiger partial charge in [-0.3, -0.25) is 0 Å². The number of nitrogens with one attached hydrogen (secondary N) is 1. The van der Waals surface area contributed by atoms with Crippen LogP contribution in [0.3, 0.4) is 0 Å². The van der Waals surface area contributed by atoms with Crippen LogP contribution in [0.25, 0.3) is 5.65 Å². The average molecular weight is 307 g/mol. The molecule has 1 N–H and O–H groups in total. The number of aromatic nitrogens is 3. The number of fused-ring (bicyclic) bond motifs is 1. The lowest BCUT2D eigenvalue weighted by atomic mass is 10.1. The summed E-state index contributed by atoms with van der Waals surface area (Å²) < 4.78 is 2.81. The van der Waals surface area contributed by atoms with Crippen molar-refractivity contribution in [2.24, 2.45) is 11.8 Å². The SMILES string of the molecule is Brc1cccn2nc(NC(C3CC3)C3CC3)nc12. The van der Waals surface area contributed by atoms with Gasteiger partial charge >= 0.3 is 0 Å². The quantitative estimate of drug-likeness (QED) is 0.944. The van der Waals surface area contributed by atoms with Crippen molar-refractivity contribution < 1.29 is 0 Å². The molecular weight excluding hydrogens is 292 g/mol. The second-order valence-electron chi connectivity index (χ2n) is 5.40. The summed E-state index contributed by atoms with van der Waals surface area (Å²) in [5.41, 5.74) is 0.880. The number of anilines is 1. The van der Waals surface area contributed by atoms with Crippen molar-refractivity contribution in [1.82, 2.24) is 14.6 Å². The summed E-state index contributed by atoms with van der Waals surface area (Å²) >= 11 is 3.51. The maximum absolute atomic E-state index is 4.57. The highest BCUT2D eigenvalue weighted by Gasteiger charge is 2.41. The number of hydrogen-bond donors (Lipinski definition) is 1. The van der Waals surface area contributed by atoms with Gasteiger partial charge in [0.25, 0.3) is 0 Å². The summed E-state index contributed by atoms with van der Waals surface area (Å²) in [5.74, 6) is 2.48. The minimum Gasteiger partial charge on any atom is -0.350 e. The van der Waals surface area contributed by atoms with Gasteiger partial charge in [0.1, 0.15) is 0 Å². The zero-order chi connectivity index (χ0) is 12.1. The molecule has 2 saturated carbocycles. The van der Waals surface area contributed by atoms with E-state index in [0.29, 0.717) is 6.04 Å². The molecule has 2 fully saturated rings. The molecule has 2 aromatic rings. The van der Waals surface area contributed by atoms with Crippen LogP contribution in [0.4, 0.5) is 5.95 Å². The van der Waals surface area contributed by atoms with Crippen LogP contribution >= 0.6 is 15.9 Å². The van der Waals surface area contributed by atoms with Crippen LogP contribution in [-0.2, 0) is 0 Å². The molecule has 0 spiro atoms. The fraction of sp³-hybridized carbons (Fsp3) is 0.538. The Morgan fingerprint density at radius 3 is 2.61 bits per heavy atom. The lowest BCUT2D eigenvalue weighted by Crippen LogP contribution is -2.24. The number of hydrogen-bond acceptors (Lipinski definition) is 3. The van der Waals surface area contributed by atoms with Gasteiger partial charge in [0.2, 0.25) is 5.95 Å². The maximum atomic E-state index is 4.57. The van der Waals surface area contributed by atoms with Gasteiger partial charge in [-0.25, -0.2) is 4.52 Å². The van der Waals surface area contributed by atoms with Crippen LogP contribution in [-0.4, -0.2) is 20.6 Å². The first-order valence-electron chi connectivity index (χ1n) is 6.59. The van der Waals surface area contributed by atoms with E-state index < -0.39 is 0 Å². The summed E-state index contributed by atoms with van der Waals surface area (Å²) in [7, 11) is 0. The minimum atomic E-state index is 0.598. The molecule has 0 amide bonds. The molecule has 0 atom stereocenters. The first-order valence-corrected chi connectivity index (χ1v) is 7.38. The molecule has 0 aromatic carbocycles. The van der Waals surface area contributed by atoms with Gasteiger partial charge < -0.3 is 5.32 Å². The van der Waals surface area contributed by atoms with E-state index in [1.54, 1.807) is 0 Å². The molecule has 5 heteroatoms. The first kappa shape index (κ1) is 10.8. The molecule has 4 nitrogen and oxygen atoms in total. The van der Waals surface area contributed by atoms with Gasteiger partial charge in [0.05, 0.1) is 4.47 Å². The Morgan fingerprint density at radius 1 is 1.28 bits per heavy atom. The van der Waals surface area contributed by atoms with Crippen molar-refractivity contribution in [2.45, 2.75) is 31.7 Å². The van der Waals surface area contributed by atoms with Crippen molar-refractivity contribution in [1.29, 1.82) is 0 Å². The summed E-state index contributed by atoms with van der Waals surface area (Å²) in [6.07, 6.45) is 7.40. The average Bonchev–Trinajstić information content (AvgIpc) is 3.25. The van der Waals surface area contributed by atoms with Crippen molar-refractivity contribution in [3.63, 3.8) is 0 Å². The summed E-state index contributed by atoms with van der Waals surface area (Å²) in [6.45, 7) is 0. The summed E-state index contributed by atoms with van der Waals surface area (Å²) in [4.78, 5) is 4.57. The zero-order valence-corrected chi connectivity index (χ0v) is 11.6. The molecule has 2 heterocycles. The molecule has 0 radical (unpaired) electrons. The van der Waals surface area contributed by atoms with Crippen LogP contribution in [0.5, 0.6) is 0 Å². The van der Waals surface area contributed by atoms with Crippen LogP contribution in [0.2, 0.25) is 0 Å². The van der Waals surface area contributed by atoms with Gasteiger partial charge in [0.15, 0.2) is 5.65 Å². The molecule has 94 valence electrons. The van der Waals surface area contributed by atoms with E-state index in [0.717, 1.165) is 27.9 Å². The van der Waals surface area contributed by atoms with Gasteiger partial charge in [0, 0.05) is 12.2 Å². The number of pyridine rings is 1. The van der Waals surface area contributed by atoms with E-state index >= 15 is 0 Å². The number of rotatable bonds is 4. The summed E-state index contributed by atoms with van der Waals surface area (Å²) in [6, 6.07) is 4.56. The second-order valence-corrected chi connectivity index (χ2v) is 6.26. The topological polar surface area (TPSA) is 42.2 Å². The number of nitrogens with zero attached hydrogens (tertiary/aromatic N) is 3. The molecular formula is C13H15BrN4. The third-order valence-corrected chi connectivity index (χ3v) is 4.49. The highest BCUT2D eigenvalue weighted by atomic mass is 79.9. The predicted octanol–water partition coefficient (Wildman–Crippen LogP) is 3.09. The lowest BCUT2D eigenvalue weighted by Gasteiger charge is -2.15. The van der Waals surface area contributed by atoms with E-state index in [9.17, 15) is 0 Å². The predicted molar refractivity (Wildman–Crippen MR) is 73.5 cm³/mol. The van der Waals surface area contributed by atoms with Crippen LogP contribution in [0.15, 0.2) is 22.8 Å². The number of halogens is 1. The van der Waals surface area contributed by atoms with Gasteiger partial charge in [-0.2, -0.15) is 4.98 Å². The van der Waals surface area contributed by atoms with Crippen molar-refractivity contribution in [2.75, 3.05) is 5.32 Å².